The van der Waals surface area contributed by atoms with Gasteiger partial charge in [0.1, 0.15) is 0 Å². The standard InChI is InChI=1S/C12H12N2S/c1-9-5-6-12(15-9)11-4-2-3-10(7-11)8-14-13/h2-8H,13H2,1H3. The fraction of sp³-hybridized carbons (Fsp3) is 0.0833. The van der Waals surface area contributed by atoms with E-state index < -0.39 is 0 Å². The molecule has 0 aliphatic rings. The van der Waals surface area contributed by atoms with Gasteiger partial charge in [-0.25, -0.2) is 0 Å². The van der Waals surface area contributed by atoms with E-state index in [2.05, 4.69) is 36.3 Å². The second-order valence-electron chi connectivity index (χ2n) is 3.31. The monoisotopic (exact) mass is 216 g/mol. The van der Waals surface area contributed by atoms with Gasteiger partial charge in [0, 0.05) is 9.75 Å². The molecule has 0 aliphatic heterocycles. The van der Waals surface area contributed by atoms with Crippen LogP contribution in [0, 0.1) is 6.92 Å². The molecule has 0 fully saturated rings. The van der Waals surface area contributed by atoms with Gasteiger partial charge in [0.2, 0.25) is 0 Å². The number of aryl methyl sites for hydroxylation is 1. The van der Waals surface area contributed by atoms with E-state index in [0.29, 0.717) is 0 Å². The highest BCUT2D eigenvalue weighted by Crippen LogP contribution is 2.27. The van der Waals surface area contributed by atoms with E-state index in [9.17, 15) is 0 Å². The van der Waals surface area contributed by atoms with Crippen molar-refractivity contribution in [2.75, 3.05) is 0 Å². The lowest BCUT2D eigenvalue weighted by Crippen LogP contribution is -1.86. The molecule has 15 heavy (non-hydrogen) atoms. The maximum absolute atomic E-state index is 5.13. The SMILES string of the molecule is Cc1ccc(-c2cccc(C=NN)c2)s1. The molecule has 3 heteroatoms. The molecular weight excluding hydrogens is 204 g/mol. The summed E-state index contributed by atoms with van der Waals surface area (Å²) in [6, 6.07) is 12.4. The third-order valence-corrected chi connectivity index (χ3v) is 3.18. The van der Waals surface area contributed by atoms with Crippen LogP contribution in [-0.4, -0.2) is 6.21 Å². The Balaban J connectivity index is 2.40. The summed E-state index contributed by atoms with van der Waals surface area (Å²) >= 11 is 1.79. The summed E-state index contributed by atoms with van der Waals surface area (Å²) in [4.78, 5) is 2.60. The molecule has 0 unspecified atom stereocenters. The van der Waals surface area contributed by atoms with Crippen molar-refractivity contribution in [1.82, 2.24) is 0 Å². The molecule has 0 saturated heterocycles. The molecule has 2 N–H and O–H groups in total. The van der Waals surface area contributed by atoms with Crippen molar-refractivity contribution in [2.24, 2.45) is 10.9 Å². The van der Waals surface area contributed by atoms with Gasteiger partial charge >= 0.3 is 0 Å². The summed E-state index contributed by atoms with van der Waals surface area (Å²) in [5.41, 5.74) is 2.24. The molecule has 0 saturated carbocycles. The van der Waals surface area contributed by atoms with Gasteiger partial charge in [-0.05, 0) is 36.2 Å². The molecule has 1 heterocycles. The zero-order chi connectivity index (χ0) is 10.7. The van der Waals surface area contributed by atoms with Crippen molar-refractivity contribution in [1.29, 1.82) is 0 Å². The summed E-state index contributed by atoms with van der Waals surface area (Å²) in [6.07, 6.45) is 1.66. The summed E-state index contributed by atoms with van der Waals surface area (Å²) in [7, 11) is 0. The minimum Gasteiger partial charge on any atom is -0.323 e. The predicted molar refractivity (Wildman–Crippen MR) is 66.3 cm³/mol. The third kappa shape index (κ3) is 2.25. The molecular formula is C12H12N2S. The number of hydrazone groups is 1. The van der Waals surface area contributed by atoms with Crippen LogP contribution < -0.4 is 5.84 Å². The Morgan fingerprint density at radius 3 is 2.80 bits per heavy atom. The molecule has 0 radical (unpaired) electrons. The van der Waals surface area contributed by atoms with Gasteiger partial charge in [-0.15, -0.1) is 11.3 Å². The Morgan fingerprint density at radius 2 is 2.13 bits per heavy atom. The Kier molecular flexibility index (Phi) is 2.83. The molecule has 2 nitrogen and oxygen atoms in total. The highest BCUT2D eigenvalue weighted by atomic mass is 32.1. The van der Waals surface area contributed by atoms with Gasteiger partial charge in [-0.3, -0.25) is 0 Å². The molecule has 76 valence electrons. The molecule has 2 aromatic rings. The van der Waals surface area contributed by atoms with Crippen molar-refractivity contribution in [3.05, 3.63) is 46.8 Å². The number of nitrogens with zero attached hydrogens (tertiary/aromatic N) is 1. The fourth-order valence-electron chi connectivity index (χ4n) is 1.45. The largest absolute Gasteiger partial charge is 0.323 e. The number of rotatable bonds is 2. The van der Waals surface area contributed by atoms with Gasteiger partial charge in [-0.1, -0.05) is 18.2 Å². The van der Waals surface area contributed by atoms with E-state index in [4.69, 9.17) is 5.84 Å². The van der Waals surface area contributed by atoms with Crippen molar-refractivity contribution in [3.63, 3.8) is 0 Å². The van der Waals surface area contributed by atoms with Crippen LogP contribution in [0.2, 0.25) is 0 Å². The topological polar surface area (TPSA) is 38.4 Å². The molecule has 0 aliphatic carbocycles. The summed E-state index contributed by atoms with van der Waals surface area (Å²) < 4.78 is 0. The average molecular weight is 216 g/mol. The number of thiophene rings is 1. The van der Waals surface area contributed by atoms with E-state index in [1.54, 1.807) is 17.6 Å². The maximum atomic E-state index is 5.13. The summed E-state index contributed by atoms with van der Waals surface area (Å²) in [6.45, 7) is 2.11. The lowest BCUT2D eigenvalue weighted by Gasteiger charge is -1.98. The van der Waals surface area contributed by atoms with Crippen molar-refractivity contribution in [2.45, 2.75) is 6.92 Å². The first kappa shape index (κ1) is 9.93. The highest BCUT2D eigenvalue weighted by Gasteiger charge is 2.00. The molecule has 0 bridgehead atoms. The van der Waals surface area contributed by atoms with Crippen LogP contribution in [0.25, 0.3) is 10.4 Å². The molecule has 0 atom stereocenters. The normalized spacial score (nSPS) is 11.0. The molecule has 0 spiro atoms. The average Bonchev–Trinajstić information content (AvgIpc) is 2.66. The van der Waals surface area contributed by atoms with Gasteiger partial charge in [0.25, 0.3) is 0 Å². The first-order valence-electron chi connectivity index (χ1n) is 4.70. The first-order chi connectivity index (χ1) is 7.29. The Labute approximate surface area is 93.1 Å². The minimum atomic E-state index is 1.03. The van der Waals surface area contributed by atoms with Crippen LogP contribution in [0.5, 0.6) is 0 Å². The maximum Gasteiger partial charge on any atom is 0.0538 e. The summed E-state index contributed by atoms with van der Waals surface area (Å²) in [5, 5.41) is 3.52. The lowest BCUT2D eigenvalue weighted by atomic mass is 10.1. The zero-order valence-corrected chi connectivity index (χ0v) is 9.29. The third-order valence-electron chi connectivity index (χ3n) is 2.14. The van der Waals surface area contributed by atoms with E-state index in [-0.39, 0.29) is 0 Å². The van der Waals surface area contributed by atoms with Crippen LogP contribution >= 0.6 is 11.3 Å². The smallest absolute Gasteiger partial charge is 0.0538 e. The van der Waals surface area contributed by atoms with E-state index in [0.717, 1.165) is 5.56 Å². The predicted octanol–water partition coefficient (Wildman–Crippen LogP) is 3.02. The Morgan fingerprint density at radius 1 is 1.27 bits per heavy atom. The Hall–Kier alpha value is -1.61. The van der Waals surface area contributed by atoms with E-state index in [1.807, 2.05) is 12.1 Å². The van der Waals surface area contributed by atoms with E-state index in [1.165, 1.54) is 15.3 Å². The van der Waals surface area contributed by atoms with Crippen molar-refractivity contribution < 1.29 is 0 Å². The van der Waals surface area contributed by atoms with Gasteiger partial charge in [0.15, 0.2) is 0 Å². The minimum absolute atomic E-state index is 1.03. The molecule has 2 rings (SSSR count). The molecule has 0 amide bonds. The number of hydrogen-bond donors (Lipinski definition) is 1. The number of benzene rings is 1. The van der Waals surface area contributed by atoms with Crippen LogP contribution in [-0.2, 0) is 0 Å². The van der Waals surface area contributed by atoms with Crippen LogP contribution in [0.15, 0.2) is 41.5 Å². The second-order valence-corrected chi connectivity index (χ2v) is 4.60. The number of nitrogens with two attached hydrogens (primary N) is 1. The fourth-order valence-corrected chi connectivity index (χ4v) is 2.31. The van der Waals surface area contributed by atoms with Crippen LogP contribution in [0.1, 0.15) is 10.4 Å². The first-order valence-corrected chi connectivity index (χ1v) is 5.51. The zero-order valence-electron chi connectivity index (χ0n) is 8.47. The van der Waals surface area contributed by atoms with Crippen molar-refractivity contribution >= 4 is 17.6 Å². The van der Waals surface area contributed by atoms with Crippen LogP contribution in [0.4, 0.5) is 0 Å². The van der Waals surface area contributed by atoms with Gasteiger partial charge in [0.05, 0.1) is 6.21 Å². The van der Waals surface area contributed by atoms with E-state index >= 15 is 0 Å². The molecule has 1 aromatic heterocycles. The van der Waals surface area contributed by atoms with Gasteiger partial charge < -0.3 is 5.84 Å². The lowest BCUT2D eigenvalue weighted by molar-refractivity contribution is 1.26. The second kappa shape index (κ2) is 4.28. The van der Waals surface area contributed by atoms with Gasteiger partial charge in [-0.2, -0.15) is 5.10 Å². The number of hydrogen-bond acceptors (Lipinski definition) is 3. The quantitative estimate of drug-likeness (QED) is 0.468. The Bertz CT molecular complexity index is 486. The van der Waals surface area contributed by atoms with Crippen LogP contribution in [0.3, 0.4) is 0 Å². The van der Waals surface area contributed by atoms with Crippen molar-refractivity contribution in [3.8, 4) is 10.4 Å². The molecule has 1 aromatic carbocycles. The highest BCUT2D eigenvalue weighted by molar-refractivity contribution is 7.15. The summed E-state index contributed by atoms with van der Waals surface area (Å²) in [5.74, 6) is 5.13.